The van der Waals surface area contributed by atoms with E-state index in [-0.39, 0.29) is 0 Å². The minimum atomic E-state index is 1.19. The SMILES string of the molecule is C=CCCCCC[CH]CCCCCCCCCC. The van der Waals surface area contributed by atoms with Crippen LogP contribution in [0.3, 0.4) is 0 Å². The predicted octanol–water partition coefficient (Wildman–Crippen LogP) is 6.86. The molecule has 0 amide bonds. The molecule has 0 atom stereocenters. The molecule has 0 aromatic carbocycles. The largest absolute Gasteiger partial charge is 0.103 e. The number of hydrogen-bond acceptors (Lipinski definition) is 0. The minimum Gasteiger partial charge on any atom is -0.103 e. The van der Waals surface area contributed by atoms with Gasteiger partial charge in [-0.3, -0.25) is 0 Å². The fourth-order valence-electron chi connectivity index (χ4n) is 2.32. The second-order valence-corrected chi connectivity index (χ2v) is 5.48. The van der Waals surface area contributed by atoms with E-state index in [1.807, 2.05) is 6.08 Å². The molecule has 0 fully saturated rings. The number of rotatable bonds is 15. The molecule has 107 valence electrons. The lowest BCUT2D eigenvalue weighted by Gasteiger charge is -2.02. The first-order valence-corrected chi connectivity index (χ1v) is 8.34. The molecule has 0 aromatic rings. The number of hydrogen-bond donors (Lipinski definition) is 0. The van der Waals surface area contributed by atoms with E-state index in [4.69, 9.17) is 0 Å². The molecule has 0 saturated carbocycles. The molecule has 0 heteroatoms. The van der Waals surface area contributed by atoms with Crippen LogP contribution in [0.1, 0.15) is 96.8 Å². The van der Waals surface area contributed by atoms with Crippen LogP contribution in [0.2, 0.25) is 0 Å². The van der Waals surface area contributed by atoms with Crippen molar-refractivity contribution in [2.24, 2.45) is 0 Å². The van der Waals surface area contributed by atoms with Crippen LogP contribution in [-0.4, -0.2) is 0 Å². The normalized spacial score (nSPS) is 10.7. The lowest BCUT2D eigenvalue weighted by Crippen LogP contribution is -1.83. The Morgan fingerprint density at radius 3 is 1.61 bits per heavy atom. The van der Waals surface area contributed by atoms with E-state index in [1.54, 1.807) is 0 Å². The second kappa shape index (κ2) is 16.7. The fraction of sp³-hybridized carbons (Fsp3) is 0.833. The van der Waals surface area contributed by atoms with Crippen molar-refractivity contribution in [3.63, 3.8) is 0 Å². The van der Waals surface area contributed by atoms with Crippen LogP contribution < -0.4 is 0 Å². The standard InChI is InChI=1S/C18H35/c1-3-5-7-9-11-13-15-17-18-16-14-12-10-8-6-4-2/h3,15H,1,4-14,16-18H2,2H3. The quantitative estimate of drug-likeness (QED) is 0.220. The van der Waals surface area contributed by atoms with E-state index in [0.717, 1.165) is 0 Å². The lowest BCUT2D eigenvalue weighted by molar-refractivity contribution is 0.569. The summed E-state index contributed by atoms with van der Waals surface area (Å²) in [6.45, 7) is 6.04. The zero-order chi connectivity index (χ0) is 13.3. The first-order valence-electron chi connectivity index (χ1n) is 8.34. The summed E-state index contributed by atoms with van der Waals surface area (Å²) in [6.07, 6.45) is 24.0. The highest BCUT2D eigenvalue weighted by atomic mass is 14.0. The molecular formula is C18H35. The van der Waals surface area contributed by atoms with Gasteiger partial charge >= 0.3 is 0 Å². The molecule has 0 bridgehead atoms. The molecule has 18 heavy (non-hydrogen) atoms. The number of unbranched alkanes of at least 4 members (excludes halogenated alkanes) is 14. The molecular weight excluding hydrogens is 216 g/mol. The van der Waals surface area contributed by atoms with Crippen molar-refractivity contribution in [1.82, 2.24) is 0 Å². The van der Waals surface area contributed by atoms with Crippen LogP contribution in [0, 0.1) is 6.42 Å². The molecule has 0 rings (SSSR count). The van der Waals surface area contributed by atoms with Crippen LogP contribution in [0.4, 0.5) is 0 Å². The molecule has 0 spiro atoms. The van der Waals surface area contributed by atoms with Gasteiger partial charge in [-0.1, -0.05) is 90.0 Å². The fourth-order valence-corrected chi connectivity index (χ4v) is 2.32. The van der Waals surface area contributed by atoms with Gasteiger partial charge in [0, 0.05) is 0 Å². The molecule has 0 heterocycles. The Balaban J connectivity index is 2.88. The molecule has 0 aliphatic rings. The Kier molecular flexibility index (Phi) is 16.5. The summed E-state index contributed by atoms with van der Waals surface area (Å²) in [4.78, 5) is 0. The Morgan fingerprint density at radius 2 is 1.06 bits per heavy atom. The van der Waals surface area contributed by atoms with Crippen molar-refractivity contribution in [2.75, 3.05) is 0 Å². The van der Waals surface area contributed by atoms with Gasteiger partial charge in [0.05, 0.1) is 0 Å². The summed E-state index contributed by atoms with van der Waals surface area (Å²) in [5.41, 5.74) is 0. The Hall–Kier alpha value is -0.260. The van der Waals surface area contributed by atoms with E-state index >= 15 is 0 Å². The summed E-state index contributed by atoms with van der Waals surface area (Å²) in [7, 11) is 0. The average molecular weight is 251 g/mol. The monoisotopic (exact) mass is 251 g/mol. The van der Waals surface area contributed by atoms with Gasteiger partial charge in [-0.05, 0) is 19.3 Å². The first-order chi connectivity index (χ1) is 8.91. The zero-order valence-electron chi connectivity index (χ0n) is 12.8. The number of allylic oxidation sites excluding steroid dienone is 1. The smallest absolute Gasteiger partial charge is 0.0353 e. The third-order valence-electron chi connectivity index (χ3n) is 3.58. The highest BCUT2D eigenvalue weighted by Crippen LogP contribution is 2.12. The Bertz CT molecular complexity index is 148. The van der Waals surface area contributed by atoms with E-state index in [2.05, 4.69) is 19.9 Å². The van der Waals surface area contributed by atoms with Gasteiger partial charge < -0.3 is 0 Å². The van der Waals surface area contributed by atoms with Crippen molar-refractivity contribution < 1.29 is 0 Å². The van der Waals surface area contributed by atoms with E-state index < -0.39 is 0 Å². The van der Waals surface area contributed by atoms with E-state index in [9.17, 15) is 0 Å². The summed E-state index contributed by atoms with van der Waals surface area (Å²) in [5, 5.41) is 0. The second-order valence-electron chi connectivity index (χ2n) is 5.48. The summed E-state index contributed by atoms with van der Waals surface area (Å²) >= 11 is 0. The van der Waals surface area contributed by atoms with Crippen LogP contribution in [0.25, 0.3) is 0 Å². The van der Waals surface area contributed by atoms with Crippen LogP contribution in [-0.2, 0) is 0 Å². The molecule has 0 nitrogen and oxygen atoms in total. The Morgan fingerprint density at radius 1 is 0.611 bits per heavy atom. The maximum atomic E-state index is 3.75. The van der Waals surface area contributed by atoms with Crippen molar-refractivity contribution in [2.45, 2.75) is 96.8 Å². The highest BCUT2D eigenvalue weighted by molar-refractivity contribution is 4.68. The topological polar surface area (TPSA) is 0 Å². The highest BCUT2D eigenvalue weighted by Gasteiger charge is 1.93. The van der Waals surface area contributed by atoms with Crippen molar-refractivity contribution >= 4 is 0 Å². The van der Waals surface area contributed by atoms with Crippen molar-refractivity contribution in [3.05, 3.63) is 19.1 Å². The van der Waals surface area contributed by atoms with Crippen molar-refractivity contribution in [3.8, 4) is 0 Å². The summed E-state index contributed by atoms with van der Waals surface area (Å²) in [5.74, 6) is 0. The van der Waals surface area contributed by atoms with Gasteiger partial charge in [0.25, 0.3) is 0 Å². The lowest BCUT2D eigenvalue weighted by atomic mass is 10.0. The maximum absolute atomic E-state index is 3.75. The van der Waals surface area contributed by atoms with Gasteiger partial charge in [-0.15, -0.1) is 6.58 Å². The van der Waals surface area contributed by atoms with Crippen LogP contribution in [0.5, 0.6) is 0 Å². The van der Waals surface area contributed by atoms with Gasteiger partial charge in [0.2, 0.25) is 0 Å². The maximum Gasteiger partial charge on any atom is -0.0353 e. The zero-order valence-corrected chi connectivity index (χ0v) is 12.8. The third kappa shape index (κ3) is 15.7. The molecule has 0 aliphatic heterocycles. The molecule has 1 radical (unpaired) electrons. The third-order valence-corrected chi connectivity index (χ3v) is 3.58. The van der Waals surface area contributed by atoms with E-state index in [0.29, 0.717) is 0 Å². The average Bonchev–Trinajstić information content (AvgIpc) is 2.39. The first kappa shape index (κ1) is 17.7. The van der Waals surface area contributed by atoms with Crippen LogP contribution >= 0.6 is 0 Å². The summed E-state index contributed by atoms with van der Waals surface area (Å²) in [6, 6.07) is 0. The predicted molar refractivity (Wildman–Crippen MR) is 84.8 cm³/mol. The molecule has 0 aromatic heterocycles. The molecule has 0 aliphatic carbocycles. The molecule has 0 saturated heterocycles. The molecule has 0 N–H and O–H groups in total. The van der Waals surface area contributed by atoms with Gasteiger partial charge in [-0.2, -0.15) is 0 Å². The Labute approximate surface area is 116 Å². The van der Waals surface area contributed by atoms with Gasteiger partial charge in [0.15, 0.2) is 0 Å². The minimum absolute atomic E-state index is 1.19. The van der Waals surface area contributed by atoms with Gasteiger partial charge in [-0.25, -0.2) is 0 Å². The molecule has 0 unspecified atom stereocenters. The summed E-state index contributed by atoms with van der Waals surface area (Å²) < 4.78 is 0. The van der Waals surface area contributed by atoms with Crippen molar-refractivity contribution in [1.29, 1.82) is 0 Å². The van der Waals surface area contributed by atoms with Gasteiger partial charge in [0.1, 0.15) is 0 Å². The van der Waals surface area contributed by atoms with Crippen LogP contribution in [0.15, 0.2) is 12.7 Å². The van der Waals surface area contributed by atoms with E-state index in [1.165, 1.54) is 89.9 Å².